The molecule has 2 aromatic rings. The number of methoxy groups -OCH3 is 1. The summed E-state index contributed by atoms with van der Waals surface area (Å²) < 4.78 is 54.6. The minimum atomic E-state index is -3.36. The number of aliphatic hydroxyl groups is 1. The van der Waals surface area contributed by atoms with Crippen LogP contribution in [0.4, 0.5) is 8.78 Å². The second-order valence-electron chi connectivity index (χ2n) is 5.71. The van der Waals surface area contributed by atoms with E-state index < -0.39 is 32.2 Å². The monoisotopic (exact) mass is 374 g/mol. The molecule has 0 spiro atoms. The van der Waals surface area contributed by atoms with Crippen molar-refractivity contribution < 1.29 is 22.8 Å². The molecule has 0 fully saturated rings. The maximum atomic E-state index is 14.4. The number of halogens is 2. The Balaban J connectivity index is 2.52. The molecule has 0 radical (unpaired) electrons. The van der Waals surface area contributed by atoms with Gasteiger partial charge in [0.15, 0.2) is 0 Å². The van der Waals surface area contributed by atoms with Gasteiger partial charge in [0.1, 0.15) is 29.9 Å². The highest BCUT2D eigenvalue weighted by Crippen LogP contribution is 2.34. The molecule has 0 saturated heterocycles. The number of hydrogen-bond acceptors (Lipinski definition) is 6. The Hall–Kier alpha value is -1.91. The molecule has 0 aliphatic rings. The van der Waals surface area contributed by atoms with E-state index in [1.54, 1.807) is 0 Å². The number of nitrogens with one attached hydrogen (secondary N) is 1. The maximum absolute atomic E-state index is 14.4. The Labute approximate surface area is 144 Å². The van der Waals surface area contributed by atoms with Gasteiger partial charge in [-0.25, -0.2) is 22.7 Å². The molecule has 25 heavy (non-hydrogen) atoms. The molecule has 0 aliphatic carbocycles. The predicted octanol–water partition coefficient (Wildman–Crippen LogP) is 1.53. The predicted molar refractivity (Wildman–Crippen MR) is 87.3 cm³/mol. The average molecular weight is 374 g/mol. The van der Waals surface area contributed by atoms with Crippen LogP contribution in [0, 0.1) is 16.4 Å². The summed E-state index contributed by atoms with van der Waals surface area (Å²) in [5, 5.41) is 13.9. The zero-order valence-electron chi connectivity index (χ0n) is 13.9. The summed E-state index contributed by atoms with van der Waals surface area (Å²) in [5.41, 5.74) is -2.31. The molecule has 0 unspecified atom stereocenters. The minimum absolute atomic E-state index is 0.0536. The van der Waals surface area contributed by atoms with Crippen LogP contribution in [0.3, 0.4) is 0 Å². The van der Waals surface area contributed by atoms with Crippen LogP contribution in [0.5, 0.6) is 0 Å². The third-order valence-corrected chi connectivity index (χ3v) is 6.41. The quantitative estimate of drug-likeness (QED) is 0.730. The van der Waals surface area contributed by atoms with E-state index in [4.69, 9.17) is 9.52 Å². The highest BCUT2D eigenvalue weighted by atomic mass is 32.2. The summed E-state index contributed by atoms with van der Waals surface area (Å²) in [6.45, 7) is 1.16. The molecule has 1 heterocycles. The lowest BCUT2D eigenvalue weighted by atomic mass is 9.90. The van der Waals surface area contributed by atoms with Crippen molar-refractivity contribution in [3.05, 3.63) is 48.1 Å². The molecule has 138 valence electrons. The number of benzene rings is 1. The lowest BCUT2D eigenvalue weighted by Crippen LogP contribution is -2.47. The van der Waals surface area contributed by atoms with Gasteiger partial charge in [0.05, 0.1) is 33.9 Å². The van der Waals surface area contributed by atoms with Crippen molar-refractivity contribution in [2.75, 3.05) is 19.5 Å². The fourth-order valence-electron chi connectivity index (χ4n) is 2.53. The third-order valence-electron chi connectivity index (χ3n) is 4.10. The summed E-state index contributed by atoms with van der Waals surface area (Å²) in [7, 11) is -1.95. The molecular weight excluding hydrogens is 354 g/mol. The SMILES string of the molecule is COCC[S@@](=N)(=O)[C@H](C)[C@](O)(Cn1cncn1)c1ccc(F)cc1F. The molecular formula is C15H20F2N4O3S. The summed E-state index contributed by atoms with van der Waals surface area (Å²) >= 11 is 0. The van der Waals surface area contributed by atoms with Crippen LogP contribution in [0.25, 0.3) is 0 Å². The molecule has 0 aliphatic heterocycles. The van der Waals surface area contributed by atoms with E-state index in [9.17, 15) is 18.1 Å². The van der Waals surface area contributed by atoms with E-state index in [1.807, 2.05) is 0 Å². The second-order valence-corrected chi connectivity index (χ2v) is 8.27. The van der Waals surface area contributed by atoms with Gasteiger partial charge in [0, 0.05) is 18.7 Å². The van der Waals surface area contributed by atoms with Gasteiger partial charge in [-0.1, -0.05) is 6.07 Å². The molecule has 1 aromatic carbocycles. The Kier molecular flexibility index (Phi) is 5.86. The van der Waals surface area contributed by atoms with E-state index >= 15 is 0 Å². The van der Waals surface area contributed by atoms with E-state index in [1.165, 1.54) is 31.4 Å². The number of ether oxygens (including phenoxy) is 1. The van der Waals surface area contributed by atoms with Crippen LogP contribution in [-0.4, -0.2) is 48.8 Å². The molecule has 2 rings (SSSR count). The van der Waals surface area contributed by atoms with Gasteiger partial charge < -0.3 is 9.84 Å². The molecule has 1 aromatic heterocycles. The van der Waals surface area contributed by atoms with E-state index in [-0.39, 0.29) is 24.5 Å². The lowest BCUT2D eigenvalue weighted by molar-refractivity contribution is 0.0116. The largest absolute Gasteiger partial charge is 0.384 e. The standard InChI is InChI=1S/C15H20F2N4O3S/c1-11(25(18,23)6-5-24-2)15(22,8-21-10-19-9-20-21)13-4-3-12(16)7-14(13)17/h3-4,7,9-11,18,22H,5-6,8H2,1-2H3/t11-,15-,25-/m1/s1. The van der Waals surface area contributed by atoms with Gasteiger partial charge in [-0.05, 0) is 13.0 Å². The van der Waals surface area contributed by atoms with E-state index in [0.29, 0.717) is 6.07 Å². The number of hydrogen-bond donors (Lipinski definition) is 2. The Bertz CT molecular complexity index is 814. The van der Waals surface area contributed by atoms with Gasteiger partial charge >= 0.3 is 0 Å². The zero-order chi connectivity index (χ0) is 18.7. The molecule has 10 heteroatoms. The minimum Gasteiger partial charge on any atom is -0.384 e. The first-order valence-electron chi connectivity index (χ1n) is 7.45. The van der Waals surface area contributed by atoms with Gasteiger partial charge in [-0.15, -0.1) is 0 Å². The Morgan fingerprint density at radius 3 is 2.76 bits per heavy atom. The van der Waals surface area contributed by atoms with Crippen molar-refractivity contribution in [1.82, 2.24) is 14.8 Å². The summed E-state index contributed by atoms with van der Waals surface area (Å²) in [4.78, 5) is 3.76. The fourth-order valence-corrected chi connectivity index (χ4v) is 4.13. The van der Waals surface area contributed by atoms with Crippen LogP contribution in [-0.2, 0) is 26.6 Å². The van der Waals surface area contributed by atoms with Crippen molar-refractivity contribution in [2.45, 2.75) is 24.3 Å². The van der Waals surface area contributed by atoms with Crippen molar-refractivity contribution in [2.24, 2.45) is 0 Å². The van der Waals surface area contributed by atoms with E-state index in [2.05, 4.69) is 10.1 Å². The first kappa shape index (κ1) is 19.4. The van der Waals surface area contributed by atoms with Crippen LogP contribution in [0.2, 0.25) is 0 Å². The van der Waals surface area contributed by atoms with Crippen molar-refractivity contribution >= 4 is 9.73 Å². The van der Waals surface area contributed by atoms with Crippen molar-refractivity contribution in [1.29, 1.82) is 4.78 Å². The number of aromatic nitrogens is 3. The van der Waals surface area contributed by atoms with Gasteiger partial charge in [0.2, 0.25) is 0 Å². The van der Waals surface area contributed by atoms with Crippen LogP contribution in [0.15, 0.2) is 30.9 Å². The first-order chi connectivity index (χ1) is 11.7. The molecule has 2 N–H and O–H groups in total. The van der Waals surface area contributed by atoms with Crippen molar-refractivity contribution in [3.8, 4) is 0 Å². The highest BCUT2D eigenvalue weighted by molar-refractivity contribution is 7.93. The number of nitrogens with zero attached hydrogens (tertiary/aromatic N) is 3. The van der Waals surface area contributed by atoms with Crippen LogP contribution >= 0.6 is 0 Å². The van der Waals surface area contributed by atoms with Crippen LogP contribution < -0.4 is 0 Å². The topological polar surface area (TPSA) is 101 Å². The van der Waals surface area contributed by atoms with Gasteiger partial charge in [-0.3, -0.25) is 4.78 Å². The zero-order valence-corrected chi connectivity index (χ0v) is 14.7. The normalized spacial score (nSPS) is 17.6. The van der Waals surface area contributed by atoms with Crippen LogP contribution in [0.1, 0.15) is 12.5 Å². The first-order valence-corrected chi connectivity index (χ1v) is 9.24. The number of rotatable bonds is 8. The highest BCUT2D eigenvalue weighted by Gasteiger charge is 2.43. The van der Waals surface area contributed by atoms with Gasteiger partial charge in [-0.2, -0.15) is 5.10 Å². The lowest BCUT2D eigenvalue weighted by Gasteiger charge is -2.35. The maximum Gasteiger partial charge on any atom is 0.137 e. The average Bonchev–Trinajstić information content (AvgIpc) is 3.04. The second kappa shape index (κ2) is 7.54. The fraction of sp³-hybridized carbons (Fsp3) is 0.467. The Morgan fingerprint density at radius 2 is 2.20 bits per heavy atom. The Morgan fingerprint density at radius 1 is 1.48 bits per heavy atom. The third kappa shape index (κ3) is 4.20. The van der Waals surface area contributed by atoms with E-state index in [0.717, 1.165) is 12.1 Å². The summed E-state index contributed by atoms with van der Waals surface area (Å²) in [6.07, 6.45) is 2.54. The molecule has 0 amide bonds. The van der Waals surface area contributed by atoms with Gasteiger partial charge in [0.25, 0.3) is 0 Å². The molecule has 0 bridgehead atoms. The molecule has 7 nitrogen and oxygen atoms in total. The summed E-state index contributed by atoms with van der Waals surface area (Å²) in [6, 6.07) is 2.72. The van der Waals surface area contributed by atoms with Crippen molar-refractivity contribution in [3.63, 3.8) is 0 Å². The molecule has 3 atom stereocenters. The summed E-state index contributed by atoms with van der Waals surface area (Å²) in [5.74, 6) is -1.92. The smallest absolute Gasteiger partial charge is 0.137 e. The molecule has 0 saturated carbocycles.